The molecule has 0 bridgehead atoms. The first-order valence-electron chi connectivity index (χ1n) is 11.2. The molecule has 4 rings (SSSR count). The first-order valence-corrected chi connectivity index (χ1v) is 11.2. The standard InChI is InChI=1S/C29H25N5O/c1-2-17-33(20-25-12-10-23(18-30)11-13-25)28(35)15-14-27-22-34(21-24-7-4-3-5-8-24)32-29(27)26-9-6-16-31-19-26/h2-16,19,22H,1,17,20-21H2/b15-14+. The molecule has 0 atom stereocenters. The Morgan fingerprint density at radius 1 is 1.06 bits per heavy atom. The fourth-order valence-corrected chi connectivity index (χ4v) is 3.70. The topological polar surface area (TPSA) is 74.8 Å². The van der Waals surface area contributed by atoms with Gasteiger partial charge >= 0.3 is 0 Å². The van der Waals surface area contributed by atoms with Crippen molar-refractivity contribution in [3.8, 4) is 17.3 Å². The minimum absolute atomic E-state index is 0.137. The van der Waals surface area contributed by atoms with Crippen molar-refractivity contribution >= 4 is 12.0 Å². The largest absolute Gasteiger partial charge is 0.331 e. The zero-order chi connectivity index (χ0) is 24.5. The number of amides is 1. The second-order valence-corrected chi connectivity index (χ2v) is 8.01. The minimum Gasteiger partial charge on any atom is -0.331 e. The molecule has 0 saturated carbocycles. The van der Waals surface area contributed by atoms with Crippen LogP contribution in [0.1, 0.15) is 22.3 Å². The van der Waals surface area contributed by atoms with E-state index < -0.39 is 0 Å². The summed E-state index contributed by atoms with van der Waals surface area (Å²) in [6.45, 7) is 5.24. The first kappa shape index (κ1) is 23.4. The van der Waals surface area contributed by atoms with Crippen LogP contribution >= 0.6 is 0 Å². The molecule has 0 saturated heterocycles. The number of carbonyl (C=O) groups is 1. The van der Waals surface area contributed by atoms with E-state index in [0.717, 1.165) is 27.9 Å². The summed E-state index contributed by atoms with van der Waals surface area (Å²) >= 11 is 0. The molecule has 0 fully saturated rings. The number of rotatable bonds is 9. The van der Waals surface area contributed by atoms with Gasteiger partial charge in [0.25, 0.3) is 0 Å². The van der Waals surface area contributed by atoms with E-state index in [1.807, 2.05) is 53.3 Å². The van der Waals surface area contributed by atoms with E-state index in [2.05, 4.69) is 29.8 Å². The summed E-state index contributed by atoms with van der Waals surface area (Å²) in [6, 6.07) is 23.3. The van der Waals surface area contributed by atoms with Gasteiger partial charge in [-0.3, -0.25) is 14.5 Å². The van der Waals surface area contributed by atoms with Crippen LogP contribution in [0.5, 0.6) is 0 Å². The van der Waals surface area contributed by atoms with Crippen molar-refractivity contribution in [3.05, 3.63) is 126 Å². The predicted octanol–water partition coefficient (Wildman–Crippen LogP) is 5.09. The van der Waals surface area contributed by atoms with Crippen LogP contribution in [0.15, 0.2) is 104 Å². The molecule has 0 aliphatic heterocycles. The number of pyridine rings is 1. The molecule has 0 N–H and O–H groups in total. The van der Waals surface area contributed by atoms with E-state index in [-0.39, 0.29) is 5.91 Å². The maximum atomic E-state index is 13.1. The lowest BCUT2D eigenvalue weighted by Crippen LogP contribution is -2.29. The van der Waals surface area contributed by atoms with Crippen molar-refractivity contribution in [1.82, 2.24) is 19.7 Å². The minimum atomic E-state index is -0.137. The van der Waals surface area contributed by atoms with Crippen molar-refractivity contribution in [3.63, 3.8) is 0 Å². The van der Waals surface area contributed by atoms with Crippen molar-refractivity contribution in [2.24, 2.45) is 0 Å². The Morgan fingerprint density at radius 2 is 1.86 bits per heavy atom. The molecule has 1 amide bonds. The molecule has 6 nitrogen and oxygen atoms in total. The van der Waals surface area contributed by atoms with E-state index in [4.69, 9.17) is 10.4 Å². The molecule has 2 heterocycles. The van der Waals surface area contributed by atoms with Crippen molar-refractivity contribution in [2.45, 2.75) is 13.1 Å². The smallest absolute Gasteiger partial charge is 0.247 e. The quantitative estimate of drug-likeness (QED) is 0.258. The van der Waals surface area contributed by atoms with Gasteiger partial charge in [-0.15, -0.1) is 6.58 Å². The highest BCUT2D eigenvalue weighted by Gasteiger charge is 2.13. The van der Waals surface area contributed by atoms with Gasteiger partial charge in [-0.2, -0.15) is 10.4 Å². The number of nitrogens with zero attached hydrogens (tertiary/aromatic N) is 5. The van der Waals surface area contributed by atoms with Gasteiger partial charge in [0.05, 0.1) is 18.2 Å². The van der Waals surface area contributed by atoms with Crippen LogP contribution in [0.4, 0.5) is 0 Å². The van der Waals surface area contributed by atoms with Gasteiger partial charge in [-0.1, -0.05) is 48.5 Å². The van der Waals surface area contributed by atoms with Crippen molar-refractivity contribution in [1.29, 1.82) is 5.26 Å². The summed E-state index contributed by atoms with van der Waals surface area (Å²) in [6.07, 6.45) is 10.5. The van der Waals surface area contributed by atoms with Gasteiger partial charge in [-0.25, -0.2) is 0 Å². The predicted molar refractivity (Wildman–Crippen MR) is 137 cm³/mol. The molecule has 2 aromatic carbocycles. The fraction of sp³-hybridized carbons (Fsp3) is 0.103. The SMILES string of the molecule is C=CCN(Cc1ccc(C#N)cc1)C(=O)/C=C/c1cn(Cc2ccccc2)nc1-c1cccnc1. The van der Waals surface area contributed by atoms with Crippen LogP contribution < -0.4 is 0 Å². The van der Waals surface area contributed by atoms with Crippen LogP contribution in [0.25, 0.3) is 17.3 Å². The lowest BCUT2D eigenvalue weighted by molar-refractivity contribution is -0.126. The number of hydrogen-bond acceptors (Lipinski definition) is 4. The average Bonchev–Trinajstić information content (AvgIpc) is 3.31. The zero-order valence-corrected chi connectivity index (χ0v) is 19.3. The molecule has 0 spiro atoms. The molecule has 172 valence electrons. The lowest BCUT2D eigenvalue weighted by atomic mass is 10.1. The summed E-state index contributed by atoms with van der Waals surface area (Å²) in [5.41, 5.74) is 5.15. The van der Waals surface area contributed by atoms with Gasteiger partial charge < -0.3 is 4.90 Å². The molecule has 0 aliphatic rings. The molecule has 0 unspecified atom stereocenters. The highest BCUT2D eigenvalue weighted by Crippen LogP contribution is 2.23. The second kappa shape index (κ2) is 11.4. The molecular formula is C29H25N5O. The monoisotopic (exact) mass is 459 g/mol. The zero-order valence-electron chi connectivity index (χ0n) is 19.3. The van der Waals surface area contributed by atoms with Gasteiger partial charge in [-0.05, 0) is 41.5 Å². The Kier molecular flexibility index (Phi) is 7.62. The highest BCUT2D eigenvalue weighted by atomic mass is 16.2. The number of nitriles is 1. The van der Waals surface area contributed by atoms with Crippen LogP contribution in [-0.4, -0.2) is 32.1 Å². The van der Waals surface area contributed by atoms with Crippen LogP contribution in [0.2, 0.25) is 0 Å². The Morgan fingerprint density at radius 3 is 2.54 bits per heavy atom. The molecule has 6 heteroatoms. The van der Waals surface area contributed by atoms with E-state index >= 15 is 0 Å². The van der Waals surface area contributed by atoms with E-state index in [0.29, 0.717) is 25.2 Å². The Bertz CT molecular complexity index is 1350. The summed E-state index contributed by atoms with van der Waals surface area (Å²) in [4.78, 5) is 19.0. The fourth-order valence-electron chi connectivity index (χ4n) is 3.70. The van der Waals surface area contributed by atoms with E-state index in [1.165, 1.54) is 0 Å². The Hall–Kier alpha value is -4.76. The lowest BCUT2D eigenvalue weighted by Gasteiger charge is -2.19. The Labute approximate surface area is 205 Å². The van der Waals surface area contributed by atoms with Gasteiger partial charge in [0, 0.05) is 48.9 Å². The summed E-state index contributed by atoms with van der Waals surface area (Å²) in [7, 11) is 0. The summed E-state index contributed by atoms with van der Waals surface area (Å²) in [5, 5.41) is 13.8. The van der Waals surface area contributed by atoms with Gasteiger partial charge in [0.1, 0.15) is 5.69 Å². The molecule has 0 radical (unpaired) electrons. The number of hydrogen-bond donors (Lipinski definition) is 0. The van der Waals surface area contributed by atoms with Crippen LogP contribution in [-0.2, 0) is 17.9 Å². The second-order valence-electron chi connectivity index (χ2n) is 8.01. The number of aromatic nitrogens is 3. The van der Waals surface area contributed by atoms with Crippen LogP contribution in [0, 0.1) is 11.3 Å². The molecule has 4 aromatic rings. The maximum absolute atomic E-state index is 13.1. The third-order valence-electron chi connectivity index (χ3n) is 5.44. The number of benzene rings is 2. The van der Waals surface area contributed by atoms with Gasteiger partial charge in [0.15, 0.2) is 0 Å². The van der Waals surface area contributed by atoms with E-state index in [9.17, 15) is 4.79 Å². The average molecular weight is 460 g/mol. The molecule has 35 heavy (non-hydrogen) atoms. The van der Waals surface area contributed by atoms with Crippen LogP contribution in [0.3, 0.4) is 0 Å². The number of carbonyl (C=O) groups excluding carboxylic acids is 1. The maximum Gasteiger partial charge on any atom is 0.247 e. The summed E-state index contributed by atoms with van der Waals surface area (Å²) in [5.74, 6) is -0.137. The van der Waals surface area contributed by atoms with Gasteiger partial charge in [0.2, 0.25) is 5.91 Å². The Balaban J connectivity index is 1.58. The normalized spacial score (nSPS) is 10.7. The van der Waals surface area contributed by atoms with E-state index in [1.54, 1.807) is 47.7 Å². The third kappa shape index (κ3) is 6.18. The van der Waals surface area contributed by atoms with Crippen molar-refractivity contribution in [2.75, 3.05) is 6.54 Å². The third-order valence-corrected chi connectivity index (χ3v) is 5.44. The molecule has 0 aliphatic carbocycles. The summed E-state index contributed by atoms with van der Waals surface area (Å²) < 4.78 is 1.88. The molecular weight excluding hydrogens is 434 g/mol. The molecule has 2 aromatic heterocycles. The first-order chi connectivity index (χ1) is 17.2. The van der Waals surface area contributed by atoms with Crippen molar-refractivity contribution < 1.29 is 4.79 Å². The highest BCUT2D eigenvalue weighted by molar-refractivity contribution is 5.93.